The van der Waals surface area contributed by atoms with Crippen LogP contribution in [0.2, 0.25) is 0 Å². The largest absolute Gasteiger partial charge is 0.349 e. The van der Waals surface area contributed by atoms with Crippen molar-refractivity contribution < 1.29 is 4.79 Å². The van der Waals surface area contributed by atoms with Crippen LogP contribution in [0.5, 0.6) is 0 Å². The van der Waals surface area contributed by atoms with Crippen molar-refractivity contribution in [2.75, 3.05) is 5.32 Å². The molecule has 0 saturated heterocycles. The zero-order valence-corrected chi connectivity index (χ0v) is 18.2. The minimum absolute atomic E-state index is 0.0169. The van der Waals surface area contributed by atoms with Crippen molar-refractivity contribution >= 4 is 17.5 Å². The summed E-state index contributed by atoms with van der Waals surface area (Å²) in [6.07, 6.45) is 8.17. The van der Waals surface area contributed by atoms with E-state index in [0.29, 0.717) is 16.9 Å². The SMILES string of the molecule is Cc1cc(C)nc(Nc2cccc(C(=O)NC(C)C34CC5CC(CC(C5)C3)C4)c2)n1. The molecule has 4 aliphatic rings. The number of nitrogens with zero attached hydrogens (tertiary/aromatic N) is 2. The molecule has 5 nitrogen and oxygen atoms in total. The van der Waals surface area contributed by atoms with Gasteiger partial charge in [-0.05, 0) is 107 Å². The van der Waals surface area contributed by atoms with Gasteiger partial charge in [-0.1, -0.05) is 6.07 Å². The highest BCUT2D eigenvalue weighted by molar-refractivity contribution is 5.95. The lowest BCUT2D eigenvalue weighted by Gasteiger charge is -2.59. The van der Waals surface area contributed by atoms with Crippen LogP contribution in [0.3, 0.4) is 0 Å². The topological polar surface area (TPSA) is 66.9 Å². The molecular formula is C25H32N4O. The second kappa shape index (κ2) is 7.36. The molecule has 1 unspecified atom stereocenters. The third-order valence-electron chi connectivity index (χ3n) is 7.71. The van der Waals surface area contributed by atoms with Gasteiger partial charge in [0.25, 0.3) is 5.91 Å². The van der Waals surface area contributed by atoms with Crippen molar-refractivity contribution in [1.29, 1.82) is 0 Å². The molecule has 0 aliphatic heterocycles. The Balaban J connectivity index is 1.29. The monoisotopic (exact) mass is 404 g/mol. The van der Waals surface area contributed by atoms with E-state index in [1.54, 1.807) is 0 Å². The van der Waals surface area contributed by atoms with E-state index < -0.39 is 0 Å². The second-order valence-corrected chi connectivity index (χ2v) is 10.2. The van der Waals surface area contributed by atoms with Crippen molar-refractivity contribution in [1.82, 2.24) is 15.3 Å². The number of anilines is 2. The molecule has 0 spiro atoms. The molecule has 1 amide bonds. The van der Waals surface area contributed by atoms with Crippen LogP contribution >= 0.6 is 0 Å². The lowest BCUT2D eigenvalue weighted by Crippen LogP contribution is -2.55. The number of nitrogens with one attached hydrogen (secondary N) is 2. The molecule has 1 atom stereocenters. The molecule has 4 fully saturated rings. The van der Waals surface area contributed by atoms with Gasteiger partial charge in [0.1, 0.15) is 0 Å². The third kappa shape index (κ3) is 3.70. The smallest absolute Gasteiger partial charge is 0.251 e. The molecule has 5 heteroatoms. The van der Waals surface area contributed by atoms with Crippen LogP contribution in [0.25, 0.3) is 0 Å². The number of benzene rings is 1. The Morgan fingerprint density at radius 3 is 2.20 bits per heavy atom. The number of amides is 1. The summed E-state index contributed by atoms with van der Waals surface area (Å²) in [5.41, 5.74) is 3.66. The lowest BCUT2D eigenvalue weighted by atomic mass is 9.48. The number of hydrogen-bond acceptors (Lipinski definition) is 4. The quantitative estimate of drug-likeness (QED) is 0.721. The summed E-state index contributed by atoms with van der Waals surface area (Å²) in [4.78, 5) is 22.0. The number of carbonyl (C=O) groups is 1. The van der Waals surface area contributed by atoms with Gasteiger partial charge < -0.3 is 10.6 Å². The lowest BCUT2D eigenvalue weighted by molar-refractivity contribution is -0.0688. The van der Waals surface area contributed by atoms with Gasteiger partial charge in [0.2, 0.25) is 5.95 Å². The van der Waals surface area contributed by atoms with Gasteiger partial charge in [0.15, 0.2) is 0 Å². The zero-order chi connectivity index (χ0) is 20.9. The summed E-state index contributed by atoms with van der Waals surface area (Å²) >= 11 is 0. The van der Waals surface area contributed by atoms with Crippen LogP contribution < -0.4 is 10.6 Å². The molecular weight excluding hydrogens is 372 g/mol. The van der Waals surface area contributed by atoms with E-state index in [9.17, 15) is 4.79 Å². The van der Waals surface area contributed by atoms with Crippen LogP contribution in [-0.4, -0.2) is 21.9 Å². The van der Waals surface area contributed by atoms with E-state index in [2.05, 4.69) is 27.5 Å². The van der Waals surface area contributed by atoms with Crippen molar-refractivity contribution in [3.63, 3.8) is 0 Å². The Bertz CT molecular complexity index is 914. The number of aromatic nitrogens is 2. The van der Waals surface area contributed by atoms with E-state index >= 15 is 0 Å². The number of aryl methyl sites for hydroxylation is 2. The molecule has 158 valence electrons. The molecule has 0 radical (unpaired) electrons. The molecule has 30 heavy (non-hydrogen) atoms. The molecule has 4 bridgehead atoms. The van der Waals surface area contributed by atoms with E-state index in [-0.39, 0.29) is 11.9 Å². The maximum Gasteiger partial charge on any atom is 0.251 e. The Hall–Kier alpha value is -2.43. The highest BCUT2D eigenvalue weighted by Crippen LogP contribution is 2.61. The Kier molecular flexibility index (Phi) is 4.79. The molecule has 1 heterocycles. The van der Waals surface area contributed by atoms with Crippen molar-refractivity contribution in [2.45, 2.75) is 65.3 Å². The van der Waals surface area contributed by atoms with Crippen LogP contribution in [0.4, 0.5) is 11.6 Å². The first-order chi connectivity index (χ1) is 14.4. The number of carbonyl (C=O) groups excluding carboxylic acids is 1. The highest BCUT2D eigenvalue weighted by atomic mass is 16.1. The molecule has 2 N–H and O–H groups in total. The standard InChI is InChI=1S/C25H32N4O/c1-15-7-16(2)27-24(26-15)29-22-6-4-5-21(11-22)23(30)28-17(3)25-12-18-8-19(13-25)10-20(9-18)14-25/h4-7,11,17-20H,8-10,12-14H2,1-3H3,(H,28,30)(H,26,27,29). The molecule has 4 saturated carbocycles. The Labute approximate surface area is 179 Å². The average molecular weight is 405 g/mol. The third-order valence-corrected chi connectivity index (χ3v) is 7.71. The van der Waals surface area contributed by atoms with Crippen LogP contribution in [-0.2, 0) is 0 Å². The fourth-order valence-electron chi connectivity index (χ4n) is 6.79. The number of rotatable bonds is 5. The van der Waals surface area contributed by atoms with Gasteiger partial charge in [0, 0.05) is 28.7 Å². The van der Waals surface area contributed by atoms with Crippen molar-refractivity contribution in [2.24, 2.45) is 23.2 Å². The maximum atomic E-state index is 13.1. The summed E-state index contributed by atoms with van der Waals surface area (Å²) in [6.45, 7) is 6.14. The van der Waals surface area contributed by atoms with E-state index in [0.717, 1.165) is 34.8 Å². The number of hydrogen-bond donors (Lipinski definition) is 2. The maximum absolute atomic E-state index is 13.1. The fraction of sp³-hybridized carbons (Fsp3) is 0.560. The van der Waals surface area contributed by atoms with Crippen molar-refractivity contribution in [3.05, 3.63) is 47.3 Å². The normalized spacial score (nSPS) is 30.2. The summed E-state index contributed by atoms with van der Waals surface area (Å²) < 4.78 is 0. The van der Waals surface area contributed by atoms with E-state index in [1.807, 2.05) is 44.2 Å². The van der Waals surface area contributed by atoms with Crippen LogP contribution in [0.1, 0.15) is 67.2 Å². The molecule has 4 aliphatic carbocycles. The highest BCUT2D eigenvalue weighted by Gasteiger charge is 2.53. The molecule has 2 aromatic rings. The fourth-order valence-corrected chi connectivity index (χ4v) is 6.79. The van der Waals surface area contributed by atoms with Crippen LogP contribution in [0.15, 0.2) is 30.3 Å². The van der Waals surface area contributed by atoms with E-state index in [4.69, 9.17) is 0 Å². The summed E-state index contributed by atoms with van der Waals surface area (Å²) in [5, 5.41) is 6.61. The van der Waals surface area contributed by atoms with Gasteiger partial charge in [0.05, 0.1) is 0 Å². The van der Waals surface area contributed by atoms with E-state index in [1.165, 1.54) is 38.5 Å². The minimum atomic E-state index is 0.0169. The van der Waals surface area contributed by atoms with Crippen molar-refractivity contribution in [3.8, 4) is 0 Å². The van der Waals surface area contributed by atoms with Gasteiger partial charge in [-0.15, -0.1) is 0 Å². The van der Waals surface area contributed by atoms with Gasteiger partial charge >= 0.3 is 0 Å². The van der Waals surface area contributed by atoms with Gasteiger partial charge in [-0.25, -0.2) is 9.97 Å². The first kappa shape index (κ1) is 19.5. The van der Waals surface area contributed by atoms with Gasteiger partial charge in [-0.3, -0.25) is 4.79 Å². The summed E-state index contributed by atoms with van der Waals surface area (Å²) in [7, 11) is 0. The molecule has 6 rings (SSSR count). The zero-order valence-electron chi connectivity index (χ0n) is 18.2. The Morgan fingerprint density at radius 2 is 1.60 bits per heavy atom. The molecule has 1 aromatic heterocycles. The predicted molar refractivity (Wildman–Crippen MR) is 119 cm³/mol. The van der Waals surface area contributed by atoms with Crippen LogP contribution in [0, 0.1) is 37.0 Å². The first-order valence-corrected chi connectivity index (χ1v) is 11.4. The minimum Gasteiger partial charge on any atom is -0.349 e. The molecule has 1 aromatic carbocycles. The Morgan fingerprint density at radius 1 is 1.00 bits per heavy atom. The second-order valence-electron chi connectivity index (χ2n) is 10.2. The summed E-state index contributed by atoms with van der Waals surface area (Å²) in [5.74, 6) is 3.25. The van der Waals surface area contributed by atoms with Gasteiger partial charge in [-0.2, -0.15) is 0 Å². The average Bonchev–Trinajstić information content (AvgIpc) is 2.66. The predicted octanol–water partition coefficient (Wildman–Crippen LogP) is 5.17. The first-order valence-electron chi connectivity index (χ1n) is 11.4. The summed E-state index contributed by atoms with van der Waals surface area (Å²) in [6, 6.07) is 9.80.